The Hall–Kier alpha value is -1.06. The van der Waals surface area contributed by atoms with Crippen molar-refractivity contribution >= 4 is 0 Å². The Morgan fingerprint density at radius 1 is 1.05 bits per heavy atom. The van der Waals surface area contributed by atoms with Gasteiger partial charge in [0.05, 0.1) is 6.10 Å². The number of fused-ring (bicyclic) bond motifs is 2. The quantitative estimate of drug-likeness (QED) is 0.829. The molecule has 2 saturated heterocycles. The molecule has 3 heteroatoms. The number of rotatable bonds is 4. The fourth-order valence-corrected chi connectivity index (χ4v) is 3.29. The van der Waals surface area contributed by atoms with Gasteiger partial charge in [0.15, 0.2) is 0 Å². The van der Waals surface area contributed by atoms with Gasteiger partial charge < -0.3 is 4.74 Å². The molecule has 2 heterocycles. The standard InChI is InChI=1S/C16H23NO2/c1-12(2)19-17-13-8-9-14(17)11-16(10-13)18-15-6-4-3-5-7-15/h3-7,12-14,16H,8-11H2,1-2H3/t13-,14+,16?. The van der Waals surface area contributed by atoms with Crippen LogP contribution in [0.5, 0.6) is 5.75 Å². The van der Waals surface area contributed by atoms with Gasteiger partial charge in [0.2, 0.25) is 0 Å². The first-order valence-electron chi connectivity index (χ1n) is 7.39. The number of piperidine rings is 1. The van der Waals surface area contributed by atoms with Crippen LogP contribution in [-0.2, 0) is 4.84 Å². The number of hydrogen-bond acceptors (Lipinski definition) is 3. The molecule has 1 unspecified atom stereocenters. The molecule has 0 aromatic heterocycles. The van der Waals surface area contributed by atoms with Crippen LogP contribution in [0.4, 0.5) is 0 Å². The van der Waals surface area contributed by atoms with E-state index in [2.05, 4.69) is 18.9 Å². The molecule has 19 heavy (non-hydrogen) atoms. The molecule has 0 saturated carbocycles. The van der Waals surface area contributed by atoms with Crippen LogP contribution in [0.25, 0.3) is 0 Å². The second kappa shape index (κ2) is 5.51. The van der Waals surface area contributed by atoms with Crippen molar-refractivity contribution in [1.29, 1.82) is 0 Å². The number of para-hydroxylation sites is 1. The van der Waals surface area contributed by atoms with Crippen LogP contribution in [-0.4, -0.2) is 29.4 Å². The summed E-state index contributed by atoms with van der Waals surface area (Å²) in [5.41, 5.74) is 0. The first-order valence-corrected chi connectivity index (χ1v) is 7.39. The van der Waals surface area contributed by atoms with Crippen LogP contribution in [0, 0.1) is 0 Å². The number of hydroxylamine groups is 2. The van der Waals surface area contributed by atoms with Crippen molar-refractivity contribution in [3.63, 3.8) is 0 Å². The lowest BCUT2D eigenvalue weighted by Gasteiger charge is -2.38. The summed E-state index contributed by atoms with van der Waals surface area (Å²) in [5, 5.41) is 2.25. The van der Waals surface area contributed by atoms with Crippen molar-refractivity contribution in [1.82, 2.24) is 5.06 Å². The molecule has 3 rings (SSSR count). The SMILES string of the molecule is CC(C)ON1[C@@H]2CC[C@H]1CC(Oc1ccccc1)C2. The van der Waals surface area contributed by atoms with E-state index in [9.17, 15) is 0 Å². The highest BCUT2D eigenvalue weighted by molar-refractivity contribution is 5.21. The van der Waals surface area contributed by atoms with E-state index in [4.69, 9.17) is 9.57 Å². The molecule has 0 radical (unpaired) electrons. The molecule has 0 amide bonds. The first kappa shape index (κ1) is 12.9. The lowest BCUT2D eigenvalue weighted by atomic mass is 10.0. The Morgan fingerprint density at radius 3 is 2.26 bits per heavy atom. The third-order valence-electron chi connectivity index (χ3n) is 4.00. The summed E-state index contributed by atoms with van der Waals surface area (Å²) in [4.78, 5) is 5.95. The predicted octanol–water partition coefficient (Wildman–Crippen LogP) is 3.40. The molecule has 3 atom stereocenters. The van der Waals surface area contributed by atoms with Crippen molar-refractivity contribution in [3.8, 4) is 5.75 Å². The van der Waals surface area contributed by atoms with Crippen molar-refractivity contribution in [2.24, 2.45) is 0 Å². The highest BCUT2D eigenvalue weighted by atomic mass is 16.7. The molecule has 0 N–H and O–H groups in total. The molecule has 2 fully saturated rings. The lowest BCUT2D eigenvalue weighted by molar-refractivity contribution is -0.236. The number of nitrogens with zero attached hydrogens (tertiary/aromatic N) is 1. The third-order valence-corrected chi connectivity index (χ3v) is 4.00. The Bertz CT molecular complexity index is 392. The van der Waals surface area contributed by atoms with E-state index in [0.717, 1.165) is 18.6 Å². The van der Waals surface area contributed by atoms with Gasteiger partial charge in [-0.25, -0.2) is 0 Å². The average Bonchev–Trinajstić information content (AvgIpc) is 2.62. The van der Waals surface area contributed by atoms with Crippen LogP contribution in [0.2, 0.25) is 0 Å². The summed E-state index contributed by atoms with van der Waals surface area (Å²) < 4.78 is 6.11. The molecular weight excluding hydrogens is 238 g/mol. The molecule has 0 aliphatic carbocycles. The number of hydrogen-bond donors (Lipinski definition) is 0. The van der Waals surface area contributed by atoms with Crippen LogP contribution < -0.4 is 4.74 Å². The van der Waals surface area contributed by atoms with E-state index in [0.29, 0.717) is 18.2 Å². The maximum atomic E-state index is 6.11. The second-order valence-electron chi connectivity index (χ2n) is 5.92. The maximum absolute atomic E-state index is 6.11. The summed E-state index contributed by atoms with van der Waals surface area (Å²) in [6.07, 6.45) is 5.26. The third kappa shape index (κ3) is 2.93. The Balaban J connectivity index is 1.61. The van der Waals surface area contributed by atoms with Gasteiger partial charge in [-0.15, -0.1) is 0 Å². The first-order chi connectivity index (χ1) is 9.22. The van der Waals surface area contributed by atoms with Crippen molar-refractivity contribution in [2.75, 3.05) is 0 Å². The summed E-state index contributed by atoms with van der Waals surface area (Å²) in [6.45, 7) is 4.21. The van der Waals surface area contributed by atoms with Crippen molar-refractivity contribution < 1.29 is 9.57 Å². The Kier molecular flexibility index (Phi) is 3.76. The highest BCUT2D eigenvalue weighted by Crippen LogP contribution is 2.37. The lowest BCUT2D eigenvalue weighted by Crippen LogP contribution is -2.47. The molecule has 1 aromatic rings. The molecule has 2 aliphatic heterocycles. The van der Waals surface area contributed by atoms with Crippen LogP contribution in [0.1, 0.15) is 39.5 Å². The van der Waals surface area contributed by atoms with E-state index >= 15 is 0 Å². The largest absolute Gasteiger partial charge is 0.490 e. The molecular formula is C16H23NO2. The minimum absolute atomic E-state index is 0.273. The summed E-state index contributed by atoms with van der Waals surface area (Å²) in [7, 11) is 0. The highest BCUT2D eigenvalue weighted by Gasteiger charge is 2.42. The summed E-state index contributed by atoms with van der Waals surface area (Å²) in [6, 6.07) is 11.2. The van der Waals surface area contributed by atoms with Gasteiger partial charge in [0.25, 0.3) is 0 Å². The minimum Gasteiger partial charge on any atom is -0.490 e. The van der Waals surface area contributed by atoms with E-state index in [-0.39, 0.29) is 6.10 Å². The van der Waals surface area contributed by atoms with Gasteiger partial charge in [0.1, 0.15) is 11.9 Å². The fourth-order valence-electron chi connectivity index (χ4n) is 3.29. The minimum atomic E-state index is 0.273. The van der Waals surface area contributed by atoms with Gasteiger partial charge in [-0.2, -0.15) is 5.06 Å². The average molecular weight is 261 g/mol. The molecule has 104 valence electrons. The number of ether oxygens (including phenoxy) is 1. The molecule has 2 aliphatic rings. The molecule has 2 bridgehead atoms. The molecule has 3 nitrogen and oxygen atoms in total. The monoisotopic (exact) mass is 261 g/mol. The molecule has 1 aromatic carbocycles. The zero-order valence-electron chi connectivity index (χ0n) is 11.8. The van der Waals surface area contributed by atoms with Gasteiger partial charge in [-0.05, 0) is 38.8 Å². The normalized spacial score (nSPS) is 30.8. The van der Waals surface area contributed by atoms with Gasteiger partial charge in [-0.1, -0.05) is 18.2 Å². The Labute approximate surface area is 115 Å². The topological polar surface area (TPSA) is 21.7 Å². The summed E-state index contributed by atoms with van der Waals surface area (Å²) in [5.74, 6) is 0.991. The van der Waals surface area contributed by atoms with Gasteiger partial charge in [0, 0.05) is 24.9 Å². The van der Waals surface area contributed by atoms with Gasteiger partial charge >= 0.3 is 0 Å². The Morgan fingerprint density at radius 2 is 1.68 bits per heavy atom. The van der Waals surface area contributed by atoms with E-state index in [1.165, 1.54) is 12.8 Å². The zero-order valence-corrected chi connectivity index (χ0v) is 11.8. The van der Waals surface area contributed by atoms with Gasteiger partial charge in [-0.3, -0.25) is 4.84 Å². The van der Waals surface area contributed by atoms with E-state index in [1.54, 1.807) is 0 Å². The smallest absolute Gasteiger partial charge is 0.119 e. The van der Waals surface area contributed by atoms with E-state index in [1.807, 2.05) is 30.3 Å². The van der Waals surface area contributed by atoms with Crippen molar-refractivity contribution in [3.05, 3.63) is 30.3 Å². The fraction of sp³-hybridized carbons (Fsp3) is 0.625. The van der Waals surface area contributed by atoms with E-state index < -0.39 is 0 Å². The number of benzene rings is 1. The molecule has 0 spiro atoms. The summed E-state index contributed by atoms with van der Waals surface area (Å²) >= 11 is 0. The maximum Gasteiger partial charge on any atom is 0.119 e. The van der Waals surface area contributed by atoms with Crippen LogP contribution in [0.15, 0.2) is 30.3 Å². The zero-order chi connectivity index (χ0) is 13.2. The predicted molar refractivity (Wildman–Crippen MR) is 75.0 cm³/mol. The van der Waals surface area contributed by atoms with Crippen LogP contribution >= 0.6 is 0 Å². The second-order valence-corrected chi connectivity index (χ2v) is 5.92. The van der Waals surface area contributed by atoms with Crippen molar-refractivity contribution in [2.45, 2.75) is 63.8 Å². The van der Waals surface area contributed by atoms with Crippen LogP contribution in [0.3, 0.4) is 0 Å².